The van der Waals surface area contributed by atoms with Gasteiger partial charge in [0.05, 0.1) is 22.7 Å². The van der Waals surface area contributed by atoms with E-state index in [1.807, 2.05) is 6.07 Å². The van der Waals surface area contributed by atoms with Crippen molar-refractivity contribution in [1.82, 2.24) is 30.2 Å². The molecule has 13 heteroatoms. The Labute approximate surface area is 319 Å². The summed E-state index contributed by atoms with van der Waals surface area (Å²) in [6.45, 7) is 9.63. The van der Waals surface area contributed by atoms with Gasteiger partial charge in [-0.15, -0.1) is 10.2 Å². The van der Waals surface area contributed by atoms with Crippen molar-refractivity contribution in [2.24, 2.45) is 17.6 Å². The van der Waals surface area contributed by atoms with Crippen molar-refractivity contribution in [3.63, 3.8) is 0 Å². The van der Waals surface area contributed by atoms with Crippen molar-refractivity contribution in [3.8, 4) is 11.8 Å². The first-order valence-electron chi connectivity index (χ1n) is 20.1. The molecule has 5 fully saturated rings. The predicted molar refractivity (Wildman–Crippen MR) is 205 cm³/mol. The Morgan fingerprint density at radius 2 is 1.66 bits per heavy atom. The second kappa shape index (κ2) is 17.8. The van der Waals surface area contributed by atoms with Gasteiger partial charge in [0.25, 0.3) is 5.91 Å². The molecule has 12 nitrogen and oxygen atoms in total. The molecule has 0 radical (unpaired) electrons. The largest absolute Gasteiger partial charge is 0.490 e. The zero-order chi connectivity index (χ0) is 36.7. The number of likely N-dealkylation sites (tertiary alicyclic amines) is 1. The third-order valence-corrected chi connectivity index (χ3v) is 12.9. The highest BCUT2D eigenvalue weighted by Crippen LogP contribution is 2.39. The molecule has 2 aromatic rings. The van der Waals surface area contributed by atoms with E-state index in [9.17, 15) is 9.59 Å². The van der Waals surface area contributed by atoms with E-state index in [0.29, 0.717) is 39.9 Å². The van der Waals surface area contributed by atoms with E-state index in [0.717, 1.165) is 116 Å². The molecule has 7 rings (SSSR count). The van der Waals surface area contributed by atoms with Gasteiger partial charge in [0.2, 0.25) is 5.91 Å². The van der Waals surface area contributed by atoms with Gasteiger partial charge in [-0.2, -0.15) is 5.26 Å². The fourth-order valence-electron chi connectivity index (χ4n) is 9.59. The average molecular weight is 746 g/mol. The van der Waals surface area contributed by atoms with Crippen molar-refractivity contribution in [3.05, 3.63) is 46.6 Å². The summed E-state index contributed by atoms with van der Waals surface area (Å²) >= 11 is 6.15. The van der Waals surface area contributed by atoms with Crippen LogP contribution in [0.4, 0.5) is 5.82 Å². The zero-order valence-electron chi connectivity index (χ0n) is 31.0. The number of halogens is 1. The molecule has 0 bridgehead atoms. The summed E-state index contributed by atoms with van der Waals surface area (Å²) in [5, 5.41) is 21.4. The number of nitrogens with zero attached hydrogens (tertiary/aromatic N) is 7. The van der Waals surface area contributed by atoms with Crippen LogP contribution in [0.15, 0.2) is 30.3 Å². The van der Waals surface area contributed by atoms with E-state index in [1.54, 1.807) is 24.3 Å². The first-order chi connectivity index (χ1) is 25.8. The lowest BCUT2D eigenvalue weighted by Crippen LogP contribution is -2.50. The van der Waals surface area contributed by atoms with Crippen molar-refractivity contribution >= 4 is 29.2 Å². The molecule has 4 heterocycles. The molecule has 5 aliphatic rings. The number of benzene rings is 1. The Balaban J connectivity index is 0.771. The van der Waals surface area contributed by atoms with Gasteiger partial charge in [-0.3, -0.25) is 14.5 Å². The minimum atomic E-state index is -0.188. The predicted octanol–water partition coefficient (Wildman–Crippen LogP) is 4.46. The number of ether oxygens (including phenoxy) is 1. The maximum Gasteiger partial charge on any atom is 0.272 e. The van der Waals surface area contributed by atoms with Crippen molar-refractivity contribution < 1.29 is 14.3 Å². The van der Waals surface area contributed by atoms with Crippen molar-refractivity contribution in [1.29, 1.82) is 5.26 Å². The lowest BCUT2D eigenvalue weighted by Gasteiger charge is -2.39. The van der Waals surface area contributed by atoms with Gasteiger partial charge >= 0.3 is 0 Å². The summed E-state index contributed by atoms with van der Waals surface area (Å²) in [5.41, 5.74) is 6.60. The summed E-state index contributed by atoms with van der Waals surface area (Å²) in [6, 6.07) is 11.5. The number of piperazine rings is 1. The molecule has 3 aliphatic heterocycles. The number of rotatable bonds is 12. The first kappa shape index (κ1) is 37.8. The molecule has 2 aliphatic carbocycles. The number of nitrogens with two attached hydrogens (primary N) is 1. The van der Waals surface area contributed by atoms with E-state index in [4.69, 9.17) is 27.3 Å². The van der Waals surface area contributed by atoms with Crippen molar-refractivity contribution in [2.45, 2.75) is 101 Å². The molecule has 1 aromatic heterocycles. The minimum absolute atomic E-state index is 0.0471. The second-order valence-corrected chi connectivity index (χ2v) is 16.4. The van der Waals surface area contributed by atoms with E-state index in [-0.39, 0.29) is 30.0 Å². The number of anilines is 1. The maximum atomic E-state index is 13.0. The van der Waals surface area contributed by atoms with E-state index < -0.39 is 0 Å². The zero-order valence-corrected chi connectivity index (χ0v) is 31.8. The molecule has 2 amide bonds. The van der Waals surface area contributed by atoms with E-state index in [2.05, 4.69) is 41.2 Å². The second-order valence-electron chi connectivity index (χ2n) is 16.0. The number of carbonyl (C=O) groups excluding carboxylic acids is 2. The Bertz CT molecular complexity index is 1580. The number of hydrogen-bond donors (Lipinski definition) is 2. The third kappa shape index (κ3) is 9.60. The van der Waals surface area contributed by atoms with Gasteiger partial charge in [-0.25, -0.2) is 0 Å². The van der Waals surface area contributed by atoms with Crippen LogP contribution in [-0.2, 0) is 4.79 Å². The maximum absolute atomic E-state index is 13.0. The summed E-state index contributed by atoms with van der Waals surface area (Å²) in [7, 11) is 0. The van der Waals surface area contributed by atoms with Gasteiger partial charge in [-0.05, 0) is 107 Å². The van der Waals surface area contributed by atoms with Crippen LogP contribution in [0.25, 0.3) is 0 Å². The Morgan fingerprint density at radius 3 is 2.36 bits per heavy atom. The molecule has 3 N–H and O–H groups in total. The highest BCUT2D eigenvalue weighted by molar-refractivity contribution is 6.31. The van der Waals surface area contributed by atoms with E-state index >= 15 is 0 Å². The molecule has 3 saturated heterocycles. The summed E-state index contributed by atoms with van der Waals surface area (Å²) in [6.07, 6.45) is 12.7. The molecule has 1 aromatic carbocycles. The number of carbonyl (C=O) groups is 2. The molecular formula is C40H56ClN9O3. The van der Waals surface area contributed by atoms with Crippen LogP contribution in [0, 0.1) is 23.2 Å². The van der Waals surface area contributed by atoms with Crippen LogP contribution in [0.3, 0.4) is 0 Å². The van der Waals surface area contributed by atoms with Crippen LogP contribution in [0.1, 0.15) is 93.1 Å². The molecule has 286 valence electrons. The Morgan fingerprint density at radius 1 is 0.906 bits per heavy atom. The van der Waals surface area contributed by atoms with Crippen LogP contribution in [0.2, 0.25) is 5.02 Å². The van der Waals surface area contributed by atoms with Gasteiger partial charge in [0.1, 0.15) is 11.8 Å². The topological polar surface area (TPSA) is 144 Å². The van der Waals surface area contributed by atoms with Crippen LogP contribution in [-0.4, -0.2) is 120 Å². The number of nitrogens with one attached hydrogen (secondary N) is 1. The van der Waals surface area contributed by atoms with Gasteiger partial charge in [0.15, 0.2) is 11.5 Å². The standard InChI is InChI=1S/C40H56ClN9O3/c41-34-25-33(9-6-30(34)26-42)53-32-10-7-31(8-11-32)44-40(52)35-12-13-38(46-45-35)49-18-14-28(15-19-49)27-48-22-20-47(21-23-48)16-3-17-50-36-5-2-1-4-29(36)24-37(50)39(43)51/h6,9,12-13,25,28-29,31-32,36-37H,1-5,7-8,10-11,14-24,27H2,(H2,43,51)(H,44,52)/t29-,31?,32?,36-,37?/m0/s1. The third-order valence-electron chi connectivity index (χ3n) is 12.6. The first-order valence-corrected chi connectivity index (χ1v) is 20.5. The van der Waals surface area contributed by atoms with Gasteiger partial charge in [0, 0.05) is 70.5 Å². The molecule has 53 heavy (non-hydrogen) atoms. The fraction of sp³-hybridized carbons (Fsp3) is 0.675. The number of fused-ring (bicyclic) bond motifs is 1. The quantitative estimate of drug-likeness (QED) is 0.320. The summed E-state index contributed by atoms with van der Waals surface area (Å²) < 4.78 is 6.09. The normalized spacial score (nSPS) is 27.5. The number of nitriles is 1. The lowest BCUT2D eigenvalue weighted by molar-refractivity contribution is -0.122. The molecule has 0 spiro atoms. The minimum Gasteiger partial charge on any atom is -0.490 e. The van der Waals surface area contributed by atoms with Crippen LogP contribution < -0.4 is 20.7 Å². The molecule has 2 saturated carbocycles. The number of hydrogen-bond acceptors (Lipinski definition) is 10. The number of amides is 2. The number of piperidine rings is 1. The summed E-state index contributed by atoms with van der Waals surface area (Å²) in [5.74, 6) is 2.53. The van der Waals surface area contributed by atoms with Gasteiger partial charge in [-0.1, -0.05) is 24.4 Å². The number of primary amides is 1. The average Bonchev–Trinajstić information content (AvgIpc) is 3.56. The molecular weight excluding hydrogens is 690 g/mol. The van der Waals surface area contributed by atoms with Crippen LogP contribution >= 0.6 is 11.6 Å². The monoisotopic (exact) mass is 745 g/mol. The molecule has 1 unspecified atom stereocenters. The molecule has 3 atom stereocenters. The lowest BCUT2D eigenvalue weighted by atomic mass is 9.84. The highest BCUT2D eigenvalue weighted by Gasteiger charge is 2.44. The smallest absolute Gasteiger partial charge is 0.272 e. The Hall–Kier alpha value is -3.50. The fourth-order valence-corrected chi connectivity index (χ4v) is 9.80. The SMILES string of the molecule is N#Cc1ccc(OC2CCC(NC(=O)c3ccc(N4CCC(CN5CCN(CCCN6C(C(N)=O)C[C@@H]7CCCC[C@@H]76)CC5)CC4)nn3)CC2)cc1Cl. The van der Waals surface area contributed by atoms with Crippen LogP contribution in [0.5, 0.6) is 5.75 Å². The van der Waals surface area contributed by atoms with Crippen molar-refractivity contribution in [2.75, 3.05) is 63.8 Å². The summed E-state index contributed by atoms with van der Waals surface area (Å²) in [4.78, 5) is 35.2. The number of aromatic nitrogens is 2. The Kier molecular flexibility index (Phi) is 12.7. The van der Waals surface area contributed by atoms with Gasteiger partial charge < -0.3 is 30.5 Å². The highest BCUT2D eigenvalue weighted by atomic mass is 35.5. The van der Waals surface area contributed by atoms with E-state index in [1.165, 1.54) is 25.7 Å².